The molecule has 1 fully saturated rings. The molecule has 1 aliphatic rings. The van der Waals surface area contributed by atoms with E-state index in [9.17, 15) is 8.78 Å². The minimum absolute atomic E-state index is 0. The van der Waals surface area contributed by atoms with Crippen molar-refractivity contribution in [3.05, 3.63) is 35.4 Å². The van der Waals surface area contributed by atoms with E-state index >= 15 is 0 Å². The molecular formula is C17H27F2IN4O. The third-order valence-electron chi connectivity index (χ3n) is 3.81. The molecule has 0 aromatic heterocycles. The molecule has 25 heavy (non-hydrogen) atoms. The normalized spacial score (nSPS) is 15.6. The van der Waals surface area contributed by atoms with Crippen molar-refractivity contribution in [2.24, 2.45) is 4.99 Å². The quantitative estimate of drug-likeness (QED) is 0.279. The molecule has 2 N–H and O–H groups in total. The van der Waals surface area contributed by atoms with Crippen molar-refractivity contribution >= 4 is 29.9 Å². The van der Waals surface area contributed by atoms with Crippen molar-refractivity contribution in [1.29, 1.82) is 0 Å². The smallest absolute Gasteiger partial charge is 0.191 e. The molecule has 0 spiro atoms. The predicted octanol–water partition coefficient (Wildman–Crippen LogP) is 2.36. The molecule has 142 valence electrons. The second kappa shape index (κ2) is 12.4. The largest absolute Gasteiger partial charge is 0.379 e. The Labute approximate surface area is 165 Å². The molecular weight excluding hydrogens is 441 g/mol. The number of hydrogen-bond acceptors (Lipinski definition) is 3. The van der Waals surface area contributed by atoms with E-state index in [1.165, 1.54) is 6.07 Å². The maximum absolute atomic E-state index is 13.6. The topological polar surface area (TPSA) is 48.9 Å². The van der Waals surface area contributed by atoms with Crippen LogP contribution in [0.3, 0.4) is 0 Å². The summed E-state index contributed by atoms with van der Waals surface area (Å²) in [7, 11) is 0. The molecule has 0 radical (unpaired) electrons. The van der Waals surface area contributed by atoms with Crippen molar-refractivity contribution in [2.45, 2.75) is 19.9 Å². The van der Waals surface area contributed by atoms with Crippen molar-refractivity contribution in [2.75, 3.05) is 45.9 Å². The first kappa shape index (κ1) is 22.0. The van der Waals surface area contributed by atoms with E-state index < -0.39 is 11.6 Å². The van der Waals surface area contributed by atoms with Crippen LogP contribution in [-0.4, -0.2) is 56.8 Å². The number of halogens is 3. The number of nitrogens with zero attached hydrogens (tertiary/aromatic N) is 2. The number of benzene rings is 1. The zero-order valence-electron chi connectivity index (χ0n) is 14.6. The lowest BCUT2D eigenvalue weighted by Gasteiger charge is -2.26. The molecule has 0 unspecified atom stereocenters. The predicted molar refractivity (Wildman–Crippen MR) is 106 cm³/mol. The van der Waals surface area contributed by atoms with Gasteiger partial charge in [-0.25, -0.2) is 13.8 Å². The van der Waals surface area contributed by atoms with Crippen LogP contribution in [0, 0.1) is 11.6 Å². The molecule has 0 amide bonds. The van der Waals surface area contributed by atoms with E-state index in [-0.39, 0.29) is 36.1 Å². The summed E-state index contributed by atoms with van der Waals surface area (Å²) >= 11 is 0. The van der Waals surface area contributed by atoms with Crippen LogP contribution in [0.1, 0.15) is 18.9 Å². The molecule has 8 heteroatoms. The fraction of sp³-hybridized carbons (Fsp3) is 0.588. The Balaban J connectivity index is 0.00000312. The lowest BCUT2D eigenvalue weighted by atomic mass is 10.2. The number of hydrogen-bond donors (Lipinski definition) is 2. The van der Waals surface area contributed by atoms with Gasteiger partial charge in [-0.1, -0.05) is 0 Å². The highest BCUT2D eigenvalue weighted by Crippen LogP contribution is 2.10. The number of ether oxygens (including phenoxy) is 1. The Kier molecular flexibility index (Phi) is 10.9. The number of morpholine rings is 1. The molecule has 0 aliphatic carbocycles. The van der Waals surface area contributed by atoms with Crippen LogP contribution in [0.2, 0.25) is 0 Å². The average Bonchev–Trinajstić information content (AvgIpc) is 2.60. The van der Waals surface area contributed by atoms with Crippen molar-refractivity contribution < 1.29 is 13.5 Å². The van der Waals surface area contributed by atoms with E-state index in [1.54, 1.807) is 0 Å². The van der Waals surface area contributed by atoms with Crippen LogP contribution in [0.5, 0.6) is 0 Å². The van der Waals surface area contributed by atoms with Gasteiger partial charge in [-0.15, -0.1) is 24.0 Å². The molecule has 5 nitrogen and oxygen atoms in total. The maximum Gasteiger partial charge on any atom is 0.191 e. The van der Waals surface area contributed by atoms with Gasteiger partial charge in [0.25, 0.3) is 0 Å². The number of guanidine groups is 1. The van der Waals surface area contributed by atoms with Gasteiger partial charge in [0, 0.05) is 31.7 Å². The first-order valence-electron chi connectivity index (χ1n) is 8.45. The zero-order chi connectivity index (χ0) is 17.2. The summed E-state index contributed by atoms with van der Waals surface area (Å²) < 4.78 is 32.1. The van der Waals surface area contributed by atoms with Crippen molar-refractivity contribution in [1.82, 2.24) is 15.5 Å². The summed E-state index contributed by atoms with van der Waals surface area (Å²) in [6.45, 7) is 8.12. The summed E-state index contributed by atoms with van der Waals surface area (Å²) in [5.41, 5.74) is 0.250. The molecule has 1 heterocycles. The number of nitrogens with one attached hydrogen (secondary N) is 2. The van der Waals surface area contributed by atoms with E-state index in [2.05, 4.69) is 20.5 Å². The zero-order valence-corrected chi connectivity index (χ0v) is 16.9. The first-order valence-corrected chi connectivity index (χ1v) is 8.45. The lowest BCUT2D eigenvalue weighted by molar-refractivity contribution is 0.0376. The van der Waals surface area contributed by atoms with Gasteiger partial charge in [0.15, 0.2) is 5.96 Å². The third kappa shape index (κ3) is 8.28. The van der Waals surface area contributed by atoms with Crippen molar-refractivity contribution in [3.8, 4) is 0 Å². The maximum atomic E-state index is 13.6. The van der Waals surface area contributed by atoms with Gasteiger partial charge in [-0.3, -0.25) is 4.90 Å². The third-order valence-corrected chi connectivity index (χ3v) is 3.81. The highest BCUT2D eigenvalue weighted by atomic mass is 127. The van der Waals surface area contributed by atoms with E-state index in [0.29, 0.717) is 12.5 Å². The van der Waals surface area contributed by atoms with Gasteiger partial charge < -0.3 is 15.4 Å². The minimum Gasteiger partial charge on any atom is -0.379 e. The van der Waals surface area contributed by atoms with E-state index in [0.717, 1.165) is 57.9 Å². The fourth-order valence-corrected chi connectivity index (χ4v) is 2.50. The monoisotopic (exact) mass is 468 g/mol. The average molecular weight is 468 g/mol. The summed E-state index contributed by atoms with van der Waals surface area (Å²) in [5.74, 6) is -0.281. The highest BCUT2D eigenvalue weighted by molar-refractivity contribution is 14.0. The molecule has 1 aliphatic heterocycles. The van der Waals surface area contributed by atoms with Gasteiger partial charge in [0.1, 0.15) is 11.6 Å². The Hall–Kier alpha value is -1.00. The molecule has 1 aromatic rings. The molecule has 0 saturated carbocycles. The SMILES string of the molecule is CCNC(=NCc1cc(F)ccc1F)NCCCN1CCOCC1.I. The number of rotatable bonds is 7. The summed E-state index contributed by atoms with van der Waals surface area (Å²) in [5, 5.41) is 6.34. The molecule has 0 bridgehead atoms. The van der Waals surface area contributed by atoms with Crippen LogP contribution in [-0.2, 0) is 11.3 Å². The van der Waals surface area contributed by atoms with E-state index in [1.807, 2.05) is 6.92 Å². The second-order valence-corrected chi connectivity index (χ2v) is 5.67. The molecule has 1 saturated heterocycles. The van der Waals surface area contributed by atoms with Gasteiger partial charge in [-0.2, -0.15) is 0 Å². The van der Waals surface area contributed by atoms with Gasteiger partial charge in [0.2, 0.25) is 0 Å². The Morgan fingerprint density at radius 3 is 2.72 bits per heavy atom. The van der Waals surface area contributed by atoms with Crippen LogP contribution in [0.4, 0.5) is 8.78 Å². The summed E-state index contributed by atoms with van der Waals surface area (Å²) in [4.78, 5) is 6.70. The summed E-state index contributed by atoms with van der Waals surface area (Å²) in [6.07, 6.45) is 0.985. The summed E-state index contributed by atoms with van der Waals surface area (Å²) in [6, 6.07) is 3.42. The minimum atomic E-state index is -0.454. The Bertz CT molecular complexity index is 539. The highest BCUT2D eigenvalue weighted by Gasteiger charge is 2.09. The van der Waals surface area contributed by atoms with Gasteiger partial charge in [0.05, 0.1) is 19.8 Å². The van der Waals surface area contributed by atoms with Crippen LogP contribution in [0.25, 0.3) is 0 Å². The van der Waals surface area contributed by atoms with Gasteiger partial charge in [-0.05, 0) is 38.1 Å². The molecule has 1 aromatic carbocycles. The van der Waals surface area contributed by atoms with Crippen LogP contribution < -0.4 is 10.6 Å². The number of aliphatic imine (C=N–C) groups is 1. The molecule has 0 atom stereocenters. The fourth-order valence-electron chi connectivity index (χ4n) is 2.50. The Morgan fingerprint density at radius 2 is 2.00 bits per heavy atom. The first-order chi connectivity index (χ1) is 11.7. The standard InChI is InChI=1S/C17H26F2N4O.HI/c1-2-20-17(21-6-3-7-23-8-10-24-11-9-23)22-13-14-12-15(18)4-5-16(14)19;/h4-5,12H,2-3,6-11,13H2,1H3,(H2,20,21,22);1H. The second-order valence-electron chi connectivity index (χ2n) is 5.67. The molecule has 2 rings (SSSR count). The lowest BCUT2D eigenvalue weighted by Crippen LogP contribution is -2.40. The Morgan fingerprint density at radius 1 is 1.24 bits per heavy atom. The van der Waals surface area contributed by atoms with Gasteiger partial charge >= 0.3 is 0 Å². The van der Waals surface area contributed by atoms with E-state index in [4.69, 9.17) is 4.74 Å². The van der Waals surface area contributed by atoms with Crippen LogP contribution >= 0.6 is 24.0 Å². The van der Waals surface area contributed by atoms with Crippen LogP contribution in [0.15, 0.2) is 23.2 Å². The van der Waals surface area contributed by atoms with Crippen molar-refractivity contribution in [3.63, 3.8) is 0 Å².